The molecule has 0 aromatic carbocycles. The van der Waals surface area contributed by atoms with Crippen molar-refractivity contribution < 1.29 is 14.3 Å². The summed E-state index contributed by atoms with van der Waals surface area (Å²) in [6.45, 7) is 2.63. The minimum absolute atomic E-state index is 0.177. The van der Waals surface area contributed by atoms with Gasteiger partial charge in [0.05, 0.1) is 12.2 Å². The van der Waals surface area contributed by atoms with E-state index in [1.54, 1.807) is 0 Å². The monoisotopic (exact) mass is 223 g/mol. The maximum Gasteiger partial charge on any atom is 0.253 e. The second-order valence-electron chi connectivity index (χ2n) is 4.39. The molecule has 1 saturated heterocycles. The highest BCUT2D eigenvalue weighted by Crippen LogP contribution is 2.26. The molecule has 0 radical (unpaired) electrons. The van der Waals surface area contributed by atoms with Crippen LogP contribution in [0.25, 0.3) is 0 Å². The van der Waals surface area contributed by atoms with E-state index in [1.807, 2.05) is 0 Å². The van der Waals surface area contributed by atoms with E-state index >= 15 is 0 Å². The van der Waals surface area contributed by atoms with Gasteiger partial charge in [0.25, 0.3) is 11.8 Å². The summed E-state index contributed by atoms with van der Waals surface area (Å²) < 4.78 is 5.30. The van der Waals surface area contributed by atoms with Crippen LogP contribution in [0.1, 0.15) is 32.6 Å². The summed E-state index contributed by atoms with van der Waals surface area (Å²) in [5.74, 6) is -0.353. The fourth-order valence-corrected chi connectivity index (χ4v) is 1.98. The Morgan fingerprint density at radius 1 is 1.19 bits per heavy atom. The summed E-state index contributed by atoms with van der Waals surface area (Å²) in [5.41, 5.74) is 0. The van der Waals surface area contributed by atoms with Crippen molar-refractivity contribution in [2.24, 2.45) is 0 Å². The first-order valence-corrected chi connectivity index (χ1v) is 5.87. The standard InChI is InChI=1S/C12H17NO3/c1-9-10(16-9)5-3-2-4-8-13-11(14)6-7-12(13)15/h6-7,9-10H,2-5,8H2,1H3. The summed E-state index contributed by atoms with van der Waals surface area (Å²) in [4.78, 5) is 23.7. The van der Waals surface area contributed by atoms with E-state index in [0.29, 0.717) is 18.8 Å². The van der Waals surface area contributed by atoms with Crippen LogP contribution in [0.5, 0.6) is 0 Å². The van der Waals surface area contributed by atoms with Crippen molar-refractivity contribution in [2.45, 2.75) is 44.8 Å². The lowest BCUT2D eigenvalue weighted by Crippen LogP contribution is -2.30. The Kier molecular flexibility index (Phi) is 3.39. The lowest BCUT2D eigenvalue weighted by Gasteiger charge is -2.12. The van der Waals surface area contributed by atoms with E-state index in [-0.39, 0.29) is 11.8 Å². The van der Waals surface area contributed by atoms with Crippen molar-refractivity contribution in [2.75, 3.05) is 6.54 Å². The third-order valence-electron chi connectivity index (χ3n) is 3.11. The van der Waals surface area contributed by atoms with Gasteiger partial charge < -0.3 is 4.74 Å². The number of carbonyl (C=O) groups excluding carboxylic acids is 2. The van der Waals surface area contributed by atoms with Crippen LogP contribution in [0.3, 0.4) is 0 Å². The Balaban J connectivity index is 1.54. The predicted octanol–water partition coefficient (Wildman–Crippen LogP) is 1.26. The number of nitrogens with zero attached hydrogens (tertiary/aromatic N) is 1. The fraction of sp³-hybridized carbons (Fsp3) is 0.667. The molecule has 2 atom stereocenters. The van der Waals surface area contributed by atoms with Gasteiger partial charge >= 0.3 is 0 Å². The van der Waals surface area contributed by atoms with Crippen LogP contribution in [0, 0.1) is 0 Å². The van der Waals surface area contributed by atoms with E-state index in [2.05, 4.69) is 6.92 Å². The van der Waals surface area contributed by atoms with Crippen molar-refractivity contribution >= 4 is 11.8 Å². The van der Waals surface area contributed by atoms with Crippen molar-refractivity contribution in [1.29, 1.82) is 0 Å². The molecule has 4 heteroatoms. The van der Waals surface area contributed by atoms with E-state index in [1.165, 1.54) is 17.1 Å². The minimum atomic E-state index is -0.177. The molecule has 0 spiro atoms. The normalized spacial score (nSPS) is 27.9. The Labute approximate surface area is 95.2 Å². The number of hydrogen-bond donors (Lipinski definition) is 0. The van der Waals surface area contributed by atoms with Gasteiger partial charge in [-0.15, -0.1) is 0 Å². The van der Waals surface area contributed by atoms with Crippen LogP contribution in [0.15, 0.2) is 12.2 Å². The maximum absolute atomic E-state index is 11.2. The maximum atomic E-state index is 11.2. The Hall–Kier alpha value is -1.16. The first-order valence-electron chi connectivity index (χ1n) is 5.87. The summed E-state index contributed by atoms with van der Waals surface area (Å²) in [6.07, 6.45) is 7.70. The van der Waals surface area contributed by atoms with E-state index < -0.39 is 0 Å². The largest absolute Gasteiger partial charge is 0.370 e. The minimum Gasteiger partial charge on any atom is -0.370 e. The number of amides is 2. The lowest BCUT2D eigenvalue weighted by atomic mass is 10.1. The van der Waals surface area contributed by atoms with Crippen molar-refractivity contribution in [3.63, 3.8) is 0 Å². The third kappa shape index (κ3) is 2.70. The molecular weight excluding hydrogens is 206 g/mol. The lowest BCUT2D eigenvalue weighted by molar-refractivity contribution is -0.136. The average molecular weight is 223 g/mol. The van der Waals surface area contributed by atoms with Gasteiger partial charge in [0, 0.05) is 18.7 Å². The van der Waals surface area contributed by atoms with Crippen LogP contribution >= 0.6 is 0 Å². The second kappa shape index (κ2) is 4.78. The quantitative estimate of drug-likeness (QED) is 0.387. The van der Waals surface area contributed by atoms with E-state index in [4.69, 9.17) is 4.74 Å². The van der Waals surface area contributed by atoms with Gasteiger partial charge in [-0.3, -0.25) is 14.5 Å². The highest BCUT2D eigenvalue weighted by atomic mass is 16.6. The number of ether oxygens (including phenoxy) is 1. The summed E-state index contributed by atoms with van der Waals surface area (Å²) >= 11 is 0. The van der Waals surface area contributed by atoms with E-state index in [0.717, 1.165) is 25.7 Å². The molecule has 1 fully saturated rings. The zero-order valence-electron chi connectivity index (χ0n) is 9.52. The Morgan fingerprint density at radius 2 is 1.81 bits per heavy atom. The van der Waals surface area contributed by atoms with Crippen LogP contribution in [-0.2, 0) is 14.3 Å². The van der Waals surface area contributed by atoms with Gasteiger partial charge in [0.15, 0.2) is 0 Å². The molecule has 88 valence electrons. The number of carbonyl (C=O) groups is 2. The highest BCUT2D eigenvalue weighted by Gasteiger charge is 2.32. The van der Waals surface area contributed by atoms with Crippen LogP contribution in [0.4, 0.5) is 0 Å². The molecule has 2 amide bonds. The number of imide groups is 1. The molecule has 0 aromatic rings. The van der Waals surface area contributed by atoms with Crippen molar-refractivity contribution in [1.82, 2.24) is 4.90 Å². The topological polar surface area (TPSA) is 49.9 Å². The van der Waals surface area contributed by atoms with Gasteiger partial charge in [0.2, 0.25) is 0 Å². The number of hydrogen-bond acceptors (Lipinski definition) is 3. The van der Waals surface area contributed by atoms with Crippen molar-refractivity contribution in [3.05, 3.63) is 12.2 Å². The molecule has 0 bridgehead atoms. The molecule has 0 N–H and O–H groups in total. The molecule has 2 aliphatic rings. The van der Waals surface area contributed by atoms with Gasteiger partial charge in [-0.1, -0.05) is 12.8 Å². The third-order valence-corrected chi connectivity index (χ3v) is 3.11. The number of epoxide rings is 1. The molecule has 2 heterocycles. The van der Waals surface area contributed by atoms with E-state index in [9.17, 15) is 9.59 Å². The molecule has 2 rings (SSSR count). The highest BCUT2D eigenvalue weighted by molar-refractivity contribution is 6.12. The molecule has 2 unspecified atom stereocenters. The van der Waals surface area contributed by atoms with Gasteiger partial charge in [-0.25, -0.2) is 0 Å². The van der Waals surface area contributed by atoms with Crippen molar-refractivity contribution in [3.8, 4) is 0 Å². The Morgan fingerprint density at radius 3 is 2.38 bits per heavy atom. The smallest absolute Gasteiger partial charge is 0.253 e. The fourth-order valence-electron chi connectivity index (χ4n) is 1.98. The zero-order valence-corrected chi connectivity index (χ0v) is 9.52. The SMILES string of the molecule is CC1OC1CCCCCN1C(=O)C=CC1=O. The summed E-state index contributed by atoms with van der Waals surface area (Å²) in [6, 6.07) is 0. The van der Waals surface area contributed by atoms with Crippen LogP contribution < -0.4 is 0 Å². The molecule has 0 saturated carbocycles. The van der Waals surface area contributed by atoms with Crippen LogP contribution in [-0.4, -0.2) is 35.5 Å². The predicted molar refractivity (Wildman–Crippen MR) is 58.7 cm³/mol. The van der Waals surface area contributed by atoms with Gasteiger partial charge in [-0.05, 0) is 19.8 Å². The first kappa shape index (κ1) is 11.3. The number of rotatable bonds is 6. The summed E-state index contributed by atoms with van der Waals surface area (Å²) in [5, 5.41) is 0. The first-order chi connectivity index (χ1) is 7.68. The average Bonchev–Trinajstić information content (AvgIpc) is 2.86. The molecule has 4 nitrogen and oxygen atoms in total. The number of unbranched alkanes of at least 4 members (excludes halogenated alkanes) is 2. The zero-order chi connectivity index (χ0) is 11.5. The molecular formula is C12H17NO3. The molecule has 2 aliphatic heterocycles. The van der Waals surface area contributed by atoms with Gasteiger partial charge in [0.1, 0.15) is 0 Å². The Bertz CT molecular complexity index is 306. The summed E-state index contributed by atoms with van der Waals surface area (Å²) in [7, 11) is 0. The van der Waals surface area contributed by atoms with Gasteiger partial charge in [-0.2, -0.15) is 0 Å². The molecule has 16 heavy (non-hydrogen) atoms. The van der Waals surface area contributed by atoms with Crippen LogP contribution in [0.2, 0.25) is 0 Å². The molecule has 0 aromatic heterocycles. The second-order valence-corrected chi connectivity index (χ2v) is 4.39. The molecule has 0 aliphatic carbocycles.